The Morgan fingerprint density at radius 1 is 1.22 bits per heavy atom. The van der Waals surface area contributed by atoms with Crippen molar-refractivity contribution in [2.24, 2.45) is 11.3 Å². The Morgan fingerprint density at radius 2 is 1.67 bits per heavy atom. The lowest BCUT2D eigenvalue weighted by molar-refractivity contribution is -0.00927. The minimum atomic E-state index is 0.00854. The molecule has 1 nitrogen and oxygen atoms in total. The topological polar surface area (TPSA) is 20.2 Å². The summed E-state index contributed by atoms with van der Waals surface area (Å²) in [6.07, 6.45) is 2.04. The molecular formula is C8H16O. The highest BCUT2D eigenvalue weighted by Gasteiger charge is 2.35. The maximum Gasteiger partial charge on any atom is 0.0546 e. The van der Waals surface area contributed by atoms with Crippen LogP contribution in [0.15, 0.2) is 0 Å². The number of hydrogen-bond acceptors (Lipinski definition) is 1. The van der Waals surface area contributed by atoms with E-state index in [0.717, 1.165) is 18.8 Å². The largest absolute Gasteiger partial charge is 0.393 e. The van der Waals surface area contributed by atoms with Gasteiger partial charge in [-0.2, -0.15) is 0 Å². The van der Waals surface area contributed by atoms with E-state index in [1.807, 2.05) is 0 Å². The Kier molecular flexibility index (Phi) is 1.55. The lowest BCUT2D eigenvalue weighted by atomic mass is 9.67. The highest BCUT2D eigenvalue weighted by atomic mass is 16.3. The lowest BCUT2D eigenvalue weighted by Crippen LogP contribution is -2.37. The first kappa shape index (κ1) is 7.07. The van der Waals surface area contributed by atoms with Crippen molar-refractivity contribution in [3.63, 3.8) is 0 Å². The van der Waals surface area contributed by atoms with Crippen molar-refractivity contribution in [2.75, 3.05) is 0 Å². The Labute approximate surface area is 57.1 Å². The highest BCUT2D eigenvalue weighted by Crippen LogP contribution is 2.41. The maximum atomic E-state index is 8.98. The van der Waals surface area contributed by atoms with E-state index in [4.69, 9.17) is 5.11 Å². The second-order valence-electron chi connectivity index (χ2n) is 4.19. The second-order valence-corrected chi connectivity index (χ2v) is 4.19. The quantitative estimate of drug-likeness (QED) is 0.527. The van der Waals surface area contributed by atoms with Gasteiger partial charge in [0, 0.05) is 0 Å². The fourth-order valence-electron chi connectivity index (χ4n) is 1.29. The summed E-state index contributed by atoms with van der Waals surface area (Å²) in [5, 5.41) is 8.98. The van der Waals surface area contributed by atoms with Crippen molar-refractivity contribution >= 4 is 0 Å². The van der Waals surface area contributed by atoms with Gasteiger partial charge in [0.25, 0.3) is 0 Å². The molecule has 1 aliphatic rings. The minimum Gasteiger partial charge on any atom is -0.393 e. The van der Waals surface area contributed by atoms with Crippen LogP contribution >= 0.6 is 0 Å². The van der Waals surface area contributed by atoms with Crippen molar-refractivity contribution in [2.45, 2.75) is 39.7 Å². The highest BCUT2D eigenvalue weighted by molar-refractivity contribution is 4.86. The molecule has 0 heterocycles. The van der Waals surface area contributed by atoms with Gasteiger partial charge in [-0.05, 0) is 24.2 Å². The summed E-state index contributed by atoms with van der Waals surface area (Å²) < 4.78 is 0. The molecule has 0 aromatic rings. The molecule has 0 saturated heterocycles. The van der Waals surface area contributed by atoms with Crippen LogP contribution in [-0.2, 0) is 0 Å². The molecule has 1 rings (SSSR count). The summed E-state index contributed by atoms with van der Waals surface area (Å²) in [5.74, 6) is 0.757. The molecule has 54 valence electrons. The van der Waals surface area contributed by atoms with E-state index in [0.29, 0.717) is 5.41 Å². The monoisotopic (exact) mass is 128 g/mol. The molecule has 0 amide bonds. The summed E-state index contributed by atoms with van der Waals surface area (Å²) in [6.45, 7) is 6.72. The van der Waals surface area contributed by atoms with Crippen LogP contribution in [0.5, 0.6) is 0 Å². The second kappa shape index (κ2) is 1.98. The van der Waals surface area contributed by atoms with Crippen LogP contribution in [0, 0.1) is 11.3 Å². The van der Waals surface area contributed by atoms with Crippen LogP contribution in [0.4, 0.5) is 0 Å². The van der Waals surface area contributed by atoms with Gasteiger partial charge in [0.15, 0.2) is 0 Å². The zero-order chi connectivity index (χ0) is 7.07. The predicted molar refractivity (Wildman–Crippen MR) is 38.2 cm³/mol. The molecule has 0 aromatic carbocycles. The molecule has 1 N–H and O–H groups in total. The van der Waals surface area contributed by atoms with Crippen molar-refractivity contribution in [3.8, 4) is 0 Å². The predicted octanol–water partition coefficient (Wildman–Crippen LogP) is 1.80. The van der Waals surface area contributed by atoms with E-state index in [1.54, 1.807) is 0 Å². The Bertz CT molecular complexity index is 95.6. The van der Waals surface area contributed by atoms with Crippen LogP contribution in [0.1, 0.15) is 33.6 Å². The van der Waals surface area contributed by atoms with Gasteiger partial charge in [-0.15, -0.1) is 0 Å². The van der Waals surface area contributed by atoms with E-state index >= 15 is 0 Å². The van der Waals surface area contributed by atoms with Crippen molar-refractivity contribution in [1.82, 2.24) is 0 Å². The summed E-state index contributed by atoms with van der Waals surface area (Å²) in [6, 6.07) is 0. The van der Waals surface area contributed by atoms with Crippen LogP contribution in [0.2, 0.25) is 0 Å². The van der Waals surface area contributed by atoms with Crippen LogP contribution < -0.4 is 0 Å². The Hall–Kier alpha value is -0.0400. The van der Waals surface area contributed by atoms with Crippen LogP contribution in [0.25, 0.3) is 0 Å². The van der Waals surface area contributed by atoms with Crippen molar-refractivity contribution in [3.05, 3.63) is 0 Å². The third kappa shape index (κ3) is 1.45. The lowest BCUT2D eigenvalue weighted by Gasteiger charge is -2.41. The molecular weight excluding hydrogens is 112 g/mol. The average Bonchev–Trinajstić information content (AvgIpc) is 1.55. The normalized spacial score (nSPS) is 36.0. The zero-order valence-corrected chi connectivity index (χ0v) is 6.52. The van der Waals surface area contributed by atoms with Gasteiger partial charge in [-0.1, -0.05) is 20.8 Å². The van der Waals surface area contributed by atoms with Gasteiger partial charge >= 0.3 is 0 Å². The first-order valence-corrected chi connectivity index (χ1v) is 3.68. The maximum absolute atomic E-state index is 8.98. The van der Waals surface area contributed by atoms with E-state index in [-0.39, 0.29) is 6.10 Å². The standard InChI is InChI=1S/C8H16O/c1-8(2,3)6-4-7(9)5-6/h6-7,9H,4-5H2,1-3H3/t6-,7-. The summed E-state index contributed by atoms with van der Waals surface area (Å²) >= 11 is 0. The van der Waals surface area contributed by atoms with Crippen LogP contribution in [0.3, 0.4) is 0 Å². The van der Waals surface area contributed by atoms with E-state index in [2.05, 4.69) is 20.8 Å². The van der Waals surface area contributed by atoms with Gasteiger partial charge < -0.3 is 5.11 Å². The molecule has 1 heteroatoms. The van der Waals surface area contributed by atoms with Gasteiger partial charge in [-0.3, -0.25) is 0 Å². The molecule has 0 aliphatic heterocycles. The van der Waals surface area contributed by atoms with Gasteiger partial charge in [0.1, 0.15) is 0 Å². The molecule has 9 heavy (non-hydrogen) atoms. The van der Waals surface area contributed by atoms with Gasteiger partial charge in [-0.25, -0.2) is 0 Å². The molecule has 1 fully saturated rings. The molecule has 1 saturated carbocycles. The van der Waals surface area contributed by atoms with Crippen molar-refractivity contribution < 1.29 is 5.11 Å². The molecule has 0 bridgehead atoms. The van der Waals surface area contributed by atoms with E-state index < -0.39 is 0 Å². The van der Waals surface area contributed by atoms with Crippen molar-refractivity contribution in [1.29, 1.82) is 0 Å². The molecule has 0 aromatic heterocycles. The third-order valence-electron chi connectivity index (χ3n) is 2.34. The molecule has 0 radical (unpaired) electrons. The first-order chi connectivity index (χ1) is 4.00. The fraction of sp³-hybridized carbons (Fsp3) is 1.00. The molecule has 0 unspecified atom stereocenters. The zero-order valence-electron chi connectivity index (χ0n) is 6.52. The molecule has 0 atom stereocenters. The summed E-state index contributed by atoms with van der Waals surface area (Å²) in [5.41, 5.74) is 0.416. The number of aliphatic hydroxyl groups is 1. The molecule has 0 spiro atoms. The number of rotatable bonds is 0. The van der Waals surface area contributed by atoms with Gasteiger partial charge in [0.05, 0.1) is 6.10 Å². The van der Waals surface area contributed by atoms with E-state index in [9.17, 15) is 0 Å². The first-order valence-electron chi connectivity index (χ1n) is 3.68. The minimum absolute atomic E-state index is 0.00854. The Morgan fingerprint density at radius 3 is 1.78 bits per heavy atom. The number of hydrogen-bond donors (Lipinski definition) is 1. The number of aliphatic hydroxyl groups excluding tert-OH is 1. The molecule has 1 aliphatic carbocycles. The SMILES string of the molecule is CC(C)(C)[C@H]1C[C@H](O)C1. The third-order valence-corrected chi connectivity index (χ3v) is 2.34. The Balaban J connectivity index is 2.32. The summed E-state index contributed by atoms with van der Waals surface area (Å²) in [7, 11) is 0. The van der Waals surface area contributed by atoms with E-state index in [1.165, 1.54) is 0 Å². The summed E-state index contributed by atoms with van der Waals surface area (Å²) in [4.78, 5) is 0. The fourth-order valence-corrected chi connectivity index (χ4v) is 1.29. The average molecular weight is 128 g/mol. The van der Waals surface area contributed by atoms with Gasteiger partial charge in [0.2, 0.25) is 0 Å². The smallest absolute Gasteiger partial charge is 0.0546 e. The van der Waals surface area contributed by atoms with Crippen LogP contribution in [-0.4, -0.2) is 11.2 Å².